The lowest BCUT2D eigenvalue weighted by Crippen LogP contribution is -2.14. The Kier molecular flexibility index (Phi) is 13.7. The number of azo groups is 1. The summed E-state index contributed by atoms with van der Waals surface area (Å²) in [5, 5.41) is 8.37. The lowest BCUT2D eigenvalue weighted by Gasteiger charge is -2.14. The van der Waals surface area contributed by atoms with E-state index in [-0.39, 0.29) is 4.90 Å². The van der Waals surface area contributed by atoms with Gasteiger partial charge >= 0.3 is 0 Å². The second-order valence-corrected chi connectivity index (χ2v) is 12.2. The molecule has 3 rings (SSSR count). The fourth-order valence-corrected chi connectivity index (χ4v) is 5.86. The van der Waals surface area contributed by atoms with Crippen LogP contribution in [0.4, 0.5) is 22.7 Å². The van der Waals surface area contributed by atoms with Crippen molar-refractivity contribution in [2.24, 2.45) is 10.2 Å². The summed E-state index contributed by atoms with van der Waals surface area (Å²) in [5.41, 5.74) is 9.51. The van der Waals surface area contributed by atoms with Crippen LogP contribution in [0.5, 0.6) is 0 Å². The van der Waals surface area contributed by atoms with Crippen molar-refractivity contribution in [2.75, 3.05) is 10.5 Å². The zero-order chi connectivity index (χ0) is 28.5. The molecule has 3 N–H and O–H groups in total. The van der Waals surface area contributed by atoms with Crippen LogP contribution in [-0.2, 0) is 16.4 Å². The van der Waals surface area contributed by atoms with Gasteiger partial charge in [0.15, 0.2) is 0 Å². The first-order valence-electron chi connectivity index (χ1n) is 15.0. The first-order chi connectivity index (χ1) is 19.5. The molecule has 3 aromatic carbocycles. The van der Waals surface area contributed by atoms with Gasteiger partial charge in [0.05, 0.1) is 22.0 Å². The van der Waals surface area contributed by atoms with E-state index < -0.39 is 10.0 Å². The van der Waals surface area contributed by atoms with Crippen LogP contribution in [0.15, 0.2) is 87.9 Å². The van der Waals surface area contributed by atoms with E-state index in [1.165, 1.54) is 70.6 Å². The van der Waals surface area contributed by atoms with E-state index in [0.717, 1.165) is 30.5 Å². The Labute approximate surface area is 241 Å². The average Bonchev–Trinajstić information content (AvgIpc) is 2.96. The Morgan fingerprint density at radius 2 is 1.18 bits per heavy atom. The van der Waals surface area contributed by atoms with Gasteiger partial charge < -0.3 is 5.73 Å². The van der Waals surface area contributed by atoms with E-state index in [1.54, 1.807) is 36.4 Å². The van der Waals surface area contributed by atoms with Gasteiger partial charge in [0.2, 0.25) is 0 Å². The van der Waals surface area contributed by atoms with E-state index in [0.29, 0.717) is 17.1 Å². The van der Waals surface area contributed by atoms with Gasteiger partial charge in [0, 0.05) is 5.69 Å². The van der Waals surface area contributed by atoms with Crippen LogP contribution < -0.4 is 10.5 Å². The topological polar surface area (TPSA) is 96.9 Å². The number of hydrogen-bond donors (Lipinski definition) is 2. The molecule has 216 valence electrons. The van der Waals surface area contributed by atoms with Crippen molar-refractivity contribution in [3.05, 3.63) is 78.4 Å². The Morgan fingerprint density at radius 1 is 0.650 bits per heavy atom. The summed E-state index contributed by atoms with van der Waals surface area (Å²) < 4.78 is 29.0. The summed E-state index contributed by atoms with van der Waals surface area (Å²) in [4.78, 5) is 0.176. The fourth-order valence-electron chi connectivity index (χ4n) is 4.76. The first-order valence-corrected chi connectivity index (χ1v) is 16.4. The number of sulfonamides is 1. The molecule has 0 amide bonds. The fraction of sp³-hybridized carbons (Fsp3) is 0.455. The minimum Gasteiger partial charge on any atom is -0.399 e. The minimum atomic E-state index is -3.75. The van der Waals surface area contributed by atoms with Gasteiger partial charge in [0.25, 0.3) is 10.0 Å². The highest BCUT2D eigenvalue weighted by molar-refractivity contribution is 7.92. The average molecular weight is 563 g/mol. The molecule has 0 fully saturated rings. The molecular formula is C33H46N4O2S. The number of aryl methyl sites for hydroxylation is 1. The summed E-state index contributed by atoms with van der Waals surface area (Å²) in [6.07, 6.45) is 17.7. The van der Waals surface area contributed by atoms with E-state index in [4.69, 9.17) is 5.73 Å². The van der Waals surface area contributed by atoms with E-state index in [1.807, 2.05) is 36.4 Å². The van der Waals surface area contributed by atoms with Crippen molar-refractivity contribution in [3.8, 4) is 0 Å². The monoisotopic (exact) mass is 562 g/mol. The summed E-state index contributed by atoms with van der Waals surface area (Å²) in [6.45, 7) is 2.26. The molecule has 3 aromatic rings. The van der Waals surface area contributed by atoms with Crippen molar-refractivity contribution < 1.29 is 8.42 Å². The number of nitrogens with zero attached hydrogens (tertiary/aromatic N) is 2. The number of rotatable bonds is 19. The van der Waals surface area contributed by atoms with Gasteiger partial charge in [-0.2, -0.15) is 10.2 Å². The molecule has 0 spiro atoms. The van der Waals surface area contributed by atoms with Gasteiger partial charge in [-0.3, -0.25) is 4.72 Å². The molecule has 6 nitrogen and oxygen atoms in total. The predicted molar refractivity (Wildman–Crippen MR) is 168 cm³/mol. The van der Waals surface area contributed by atoms with Gasteiger partial charge in [-0.05, 0) is 73.0 Å². The number of nitrogens with one attached hydrogen (secondary N) is 1. The van der Waals surface area contributed by atoms with Gasteiger partial charge in [-0.15, -0.1) is 0 Å². The molecule has 0 atom stereocenters. The SMILES string of the molecule is CCCCCCCCCCCCCCCc1cc(N)ccc1NS(=O)(=O)c1ccc(/N=N/c2ccccc2)cc1. The molecule has 0 saturated heterocycles. The van der Waals surface area contributed by atoms with Gasteiger partial charge in [-0.1, -0.05) is 102 Å². The summed E-state index contributed by atoms with van der Waals surface area (Å²) in [5.74, 6) is 0. The largest absolute Gasteiger partial charge is 0.399 e. The van der Waals surface area contributed by atoms with Crippen molar-refractivity contribution in [1.82, 2.24) is 0 Å². The quantitative estimate of drug-likeness (QED) is 0.0864. The second-order valence-electron chi connectivity index (χ2n) is 10.5. The van der Waals surface area contributed by atoms with Gasteiger partial charge in [-0.25, -0.2) is 8.42 Å². The van der Waals surface area contributed by atoms with E-state index in [2.05, 4.69) is 21.9 Å². The maximum atomic E-state index is 13.1. The van der Waals surface area contributed by atoms with Gasteiger partial charge in [0.1, 0.15) is 0 Å². The molecule has 0 aromatic heterocycles. The third-order valence-corrected chi connectivity index (χ3v) is 8.49. The van der Waals surface area contributed by atoms with E-state index >= 15 is 0 Å². The van der Waals surface area contributed by atoms with Crippen LogP contribution in [0, 0.1) is 0 Å². The van der Waals surface area contributed by atoms with Crippen LogP contribution in [0.25, 0.3) is 0 Å². The second kappa shape index (κ2) is 17.5. The lowest BCUT2D eigenvalue weighted by atomic mass is 10.0. The maximum absolute atomic E-state index is 13.1. The molecule has 0 bridgehead atoms. The number of hydrogen-bond acceptors (Lipinski definition) is 5. The zero-order valence-electron chi connectivity index (χ0n) is 24.0. The number of anilines is 2. The standard InChI is InChI=1S/C33H46N4O2S/c1-2-3-4-5-6-7-8-9-10-11-12-13-15-18-28-27-29(34)21-26-33(28)37-40(38,39)32-24-22-31(23-25-32)36-35-30-19-16-14-17-20-30/h14,16-17,19-27,37H,2-13,15,18,34H2,1H3/b36-35+. The third-order valence-electron chi connectivity index (χ3n) is 7.11. The van der Waals surface area contributed by atoms with Crippen LogP contribution >= 0.6 is 0 Å². The Bertz CT molecular complexity index is 1260. The first kappa shape index (κ1) is 31.3. The normalized spacial score (nSPS) is 11.7. The van der Waals surface area contributed by atoms with Crippen LogP contribution in [-0.4, -0.2) is 8.42 Å². The smallest absolute Gasteiger partial charge is 0.261 e. The predicted octanol–water partition coefficient (Wildman–Crippen LogP) is 10.1. The molecule has 0 unspecified atom stereocenters. The molecule has 0 aliphatic carbocycles. The highest BCUT2D eigenvalue weighted by Gasteiger charge is 2.16. The highest BCUT2D eigenvalue weighted by Crippen LogP contribution is 2.26. The number of nitrogens with two attached hydrogens (primary N) is 1. The van der Waals surface area contributed by atoms with E-state index in [9.17, 15) is 8.42 Å². The number of unbranched alkanes of at least 4 members (excludes halogenated alkanes) is 12. The summed E-state index contributed by atoms with van der Waals surface area (Å²) in [6, 6.07) is 21.2. The summed E-state index contributed by atoms with van der Waals surface area (Å²) >= 11 is 0. The molecule has 40 heavy (non-hydrogen) atoms. The third kappa shape index (κ3) is 11.5. The van der Waals surface area contributed by atoms with Crippen molar-refractivity contribution >= 4 is 32.8 Å². The Morgan fingerprint density at radius 3 is 1.75 bits per heavy atom. The minimum absolute atomic E-state index is 0.176. The molecular weight excluding hydrogens is 516 g/mol. The maximum Gasteiger partial charge on any atom is 0.261 e. The number of nitrogen functional groups attached to an aromatic ring is 1. The Balaban J connectivity index is 1.43. The zero-order valence-corrected chi connectivity index (χ0v) is 24.8. The van der Waals surface area contributed by atoms with Crippen LogP contribution in [0.1, 0.15) is 96.0 Å². The molecule has 0 aliphatic heterocycles. The molecule has 0 radical (unpaired) electrons. The molecule has 0 aliphatic rings. The number of benzene rings is 3. The summed E-state index contributed by atoms with van der Waals surface area (Å²) in [7, 11) is -3.75. The van der Waals surface area contributed by atoms with Crippen LogP contribution in [0.3, 0.4) is 0 Å². The molecule has 0 heterocycles. The van der Waals surface area contributed by atoms with Crippen molar-refractivity contribution in [2.45, 2.75) is 102 Å². The molecule has 0 saturated carbocycles. The highest BCUT2D eigenvalue weighted by atomic mass is 32.2. The lowest BCUT2D eigenvalue weighted by molar-refractivity contribution is 0.539. The Hall–Kier alpha value is -3.19. The molecule has 7 heteroatoms. The van der Waals surface area contributed by atoms with Crippen molar-refractivity contribution in [3.63, 3.8) is 0 Å². The van der Waals surface area contributed by atoms with Crippen LogP contribution in [0.2, 0.25) is 0 Å². The van der Waals surface area contributed by atoms with Crippen molar-refractivity contribution in [1.29, 1.82) is 0 Å².